The van der Waals surface area contributed by atoms with Gasteiger partial charge in [0.05, 0.1) is 5.54 Å². The molecule has 0 saturated heterocycles. The molecule has 0 bridgehead atoms. The second-order valence-electron chi connectivity index (χ2n) is 7.97. The first kappa shape index (κ1) is 20.3. The summed E-state index contributed by atoms with van der Waals surface area (Å²) in [7, 11) is 0. The number of carbonyl (C=O) groups excluding carboxylic acids is 2. The summed E-state index contributed by atoms with van der Waals surface area (Å²) < 4.78 is 10.7. The van der Waals surface area contributed by atoms with E-state index in [1.807, 2.05) is 31.4 Å². The molecule has 1 aromatic heterocycles. The number of nitrogens with one attached hydrogen (secondary N) is 1. The molecule has 0 fully saturated rings. The van der Waals surface area contributed by atoms with Crippen molar-refractivity contribution in [2.24, 2.45) is 0 Å². The topological polar surface area (TPSA) is 67.9 Å². The van der Waals surface area contributed by atoms with Crippen LogP contribution >= 0.6 is 11.3 Å². The van der Waals surface area contributed by atoms with E-state index < -0.39 is 28.9 Å². The van der Waals surface area contributed by atoms with E-state index in [1.54, 1.807) is 41.5 Å². The zero-order chi connectivity index (χ0) is 18.8. The monoisotopic (exact) mass is 356 g/mol. The fourth-order valence-electron chi connectivity index (χ4n) is 1.85. The first-order valence-electron chi connectivity index (χ1n) is 7.79. The van der Waals surface area contributed by atoms with Crippen molar-refractivity contribution in [1.29, 1.82) is 0 Å². The van der Waals surface area contributed by atoms with E-state index in [9.17, 15) is 9.59 Å². The van der Waals surface area contributed by atoms with Gasteiger partial charge in [-0.25, -0.2) is 20.0 Å². The average molecular weight is 356 g/mol. The lowest BCUT2D eigenvalue weighted by Gasteiger charge is -2.38. The number of hydrogen-bond donors (Lipinski definition) is 1. The van der Waals surface area contributed by atoms with Crippen LogP contribution in [0.2, 0.25) is 0 Å². The lowest BCUT2D eigenvalue weighted by molar-refractivity contribution is -0.0251. The smallest absolute Gasteiger partial charge is 0.430 e. The molecule has 24 heavy (non-hydrogen) atoms. The molecule has 1 N–H and O–H groups in total. The van der Waals surface area contributed by atoms with Crippen molar-refractivity contribution in [1.82, 2.24) is 10.4 Å². The van der Waals surface area contributed by atoms with Gasteiger partial charge in [-0.1, -0.05) is 6.07 Å². The standard InChI is InChI=1S/C17H28N2O4S/c1-15(2,3)22-13(20)18-19(14(21)23-16(4,5)6)17(7,8)12-10-9-11-24-12/h9-11H,1-8H3,(H,18,20). The fourth-order valence-corrected chi connectivity index (χ4v) is 2.69. The Morgan fingerprint density at radius 2 is 1.54 bits per heavy atom. The van der Waals surface area contributed by atoms with Crippen molar-refractivity contribution >= 4 is 23.5 Å². The van der Waals surface area contributed by atoms with Gasteiger partial charge in [0.15, 0.2) is 0 Å². The van der Waals surface area contributed by atoms with Crippen LogP contribution in [0.1, 0.15) is 60.3 Å². The van der Waals surface area contributed by atoms with E-state index in [0.717, 1.165) is 4.88 Å². The predicted molar refractivity (Wildman–Crippen MR) is 94.8 cm³/mol. The van der Waals surface area contributed by atoms with Gasteiger partial charge in [0, 0.05) is 4.88 Å². The first-order valence-corrected chi connectivity index (χ1v) is 8.67. The largest absolute Gasteiger partial charge is 0.443 e. The molecule has 2 amide bonds. The molecule has 0 aliphatic rings. The maximum atomic E-state index is 12.6. The third kappa shape index (κ3) is 6.03. The van der Waals surface area contributed by atoms with Gasteiger partial charge in [-0.15, -0.1) is 11.3 Å². The van der Waals surface area contributed by atoms with Crippen LogP contribution in [0, 0.1) is 0 Å². The Morgan fingerprint density at radius 3 is 1.96 bits per heavy atom. The Balaban J connectivity index is 3.08. The van der Waals surface area contributed by atoms with Crippen LogP contribution in [-0.4, -0.2) is 28.4 Å². The highest BCUT2D eigenvalue weighted by atomic mass is 32.1. The lowest BCUT2D eigenvalue weighted by atomic mass is 10.0. The summed E-state index contributed by atoms with van der Waals surface area (Å²) >= 11 is 1.49. The van der Waals surface area contributed by atoms with Crippen LogP contribution in [-0.2, 0) is 15.0 Å². The van der Waals surface area contributed by atoms with Gasteiger partial charge in [0.2, 0.25) is 0 Å². The van der Waals surface area contributed by atoms with Crippen LogP contribution in [0.5, 0.6) is 0 Å². The van der Waals surface area contributed by atoms with Crippen LogP contribution in [0.25, 0.3) is 0 Å². The fraction of sp³-hybridized carbons (Fsp3) is 0.647. The molecule has 0 unspecified atom stereocenters. The summed E-state index contributed by atoms with van der Waals surface area (Å²) in [5.41, 5.74) is 0.377. The number of hydrogen-bond acceptors (Lipinski definition) is 5. The highest BCUT2D eigenvalue weighted by Gasteiger charge is 2.38. The Morgan fingerprint density at radius 1 is 1.00 bits per heavy atom. The van der Waals surface area contributed by atoms with Crippen molar-refractivity contribution in [3.05, 3.63) is 22.4 Å². The van der Waals surface area contributed by atoms with Crippen LogP contribution < -0.4 is 5.43 Å². The van der Waals surface area contributed by atoms with Crippen LogP contribution in [0.4, 0.5) is 9.59 Å². The highest BCUT2D eigenvalue weighted by molar-refractivity contribution is 7.10. The van der Waals surface area contributed by atoms with Crippen molar-refractivity contribution in [3.8, 4) is 0 Å². The SMILES string of the molecule is CC(C)(C)OC(=O)NN(C(=O)OC(C)(C)C)C(C)(C)c1cccs1. The maximum Gasteiger partial charge on any atom is 0.430 e. The molecule has 7 heteroatoms. The number of hydrazine groups is 1. The van der Waals surface area contributed by atoms with E-state index in [4.69, 9.17) is 9.47 Å². The maximum absolute atomic E-state index is 12.6. The average Bonchev–Trinajstić information content (AvgIpc) is 2.85. The van der Waals surface area contributed by atoms with Crippen molar-refractivity contribution in [2.75, 3.05) is 0 Å². The molecule has 0 aliphatic heterocycles. The van der Waals surface area contributed by atoms with Crippen molar-refractivity contribution in [2.45, 2.75) is 72.1 Å². The number of nitrogens with zero attached hydrogens (tertiary/aromatic N) is 1. The number of amides is 2. The van der Waals surface area contributed by atoms with Gasteiger partial charge in [0.25, 0.3) is 0 Å². The van der Waals surface area contributed by atoms with Gasteiger partial charge in [-0.2, -0.15) is 0 Å². The van der Waals surface area contributed by atoms with Crippen molar-refractivity contribution < 1.29 is 19.1 Å². The molecule has 0 aliphatic carbocycles. The molecule has 0 atom stereocenters. The van der Waals surface area contributed by atoms with Gasteiger partial charge < -0.3 is 9.47 Å². The zero-order valence-corrected chi connectivity index (χ0v) is 16.5. The minimum absolute atomic E-state index is 0.647. The summed E-state index contributed by atoms with van der Waals surface area (Å²) in [5.74, 6) is 0. The Bertz CT molecular complexity index is 568. The summed E-state index contributed by atoms with van der Waals surface area (Å²) in [6.07, 6.45) is -1.36. The quantitative estimate of drug-likeness (QED) is 0.783. The first-order chi connectivity index (χ1) is 10.7. The third-order valence-corrected chi connectivity index (χ3v) is 4.04. The summed E-state index contributed by atoms with van der Waals surface area (Å²) in [5, 5.41) is 3.09. The molecular formula is C17H28N2O4S. The van der Waals surface area contributed by atoms with E-state index in [0.29, 0.717) is 0 Å². The summed E-state index contributed by atoms with van der Waals surface area (Å²) in [6, 6.07) is 3.79. The molecule has 0 saturated carbocycles. The minimum atomic E-state index is -0.798. The number of rotatable bonds is 2. The van der Waals surface area contributed by atoms with E-state index in [2.05, 4.69) is 5.43 Å². The molecule has 0 spiro atoms. The van der Waals surface area contributed by atoms with Crippen LogP contribution in [0.15, 0.2) is 17.5 Å². The summed E-state index contributed by atoms with van der Waals surface area (Å²) in [4.78, 5) is 25.7. The Kier molecular flexibility index (Phi) is 5.92. The number of carbonyl (C=O) groups is 2. The number of ether oxygens (including phenoxy) is 2. The lowest BCUT2D eigenvalue weighted by Crippen LogP contribution is -2.57. The molecule has 1 heterocycles. The Labute approximate surface area is 148 Å². The van der Waals surface area contributed by atoms with Gasteiger partial charge in [-0.05, 0) is 66.8 Å². The summed E-state index contributed by atoms with van der Waals surface area (Å²) in [6.45, 7) is 14.3. The molecule has 1 aromatic rings. The van der Waals surface area contributed by atoms with E-state index in [-0.39, 0.29) is 0 Å². The second-order valence-corrected chi connectivity index (χ2v) is 8.91. The third-order valence-electron chi connectivity index (χ3n) is 2.86. The molecule has 0 radical (unpaired) electrons. The molecule has 1 rings (SSSR count). The molecular weight excluding hydrogens is 328 g/mol. The second kappa shape index (κ2) is 7.01. The highest BCUT2D eigenvalue weighted by Crippen LogP contribution is 2.31. The van der Waals surface area contributed by atoms with Gasteiger partial charge in [-0.3, -0.25) is 0 Å². The minimum Gasteiger partial charge on any atom is -0.443 e. The molecule has 136 valence electrons. The van der Waals surface area contributed by atoms with Gasteiger partial charge in [0.1, 0.15) is 11.2 Å². The molecule has 0 aromatic carbocycles. The van der Waals surface area contributed by atoms with E-state index in [1.165, 1.54) is 16.3 Å². The van der Waals surface area contributed by atoms with E-state index >= 15 is 0 Å². The predicted octanol–water partition coefficient (Wildman–Crippen LogP) is 4.66. The number of thiophene rings is 1. The van der Waals surface area contributed by atoms with Crippen molar-refractivity contribution in [3.63, 3.8) is 0 Å². The zero-order valence-electron chi connectivity index (χ0n) is 15.7. The van der Waals surface area contributed by atoms with Gasteiger partial charge >= 0.3 is 12.2 Å². The molecule has 6 nitrogen and oxygen atoms in total. The van der Waals surface area contributed by atoms with Crippen LogP contribution in [0.3, 0.4) is 0 Å². The normalized spacial score (nSPS) is 12.5. The Hall–Kier alpha value is -1.76.